The van der Waals surface area contributed by atoms with Crippen LogP contribution in [0.3, 0.4) is 0 Å². The van der Waals surface area contributed by atoms with Gasteiger partial charge in [-0.1, -0.05) is 12.1 Å². The van der Waals surface area contributed by atoms with E-state index in [2.05, 4.69) is 0 Å². The highest BCUT2D eigenvalue weighted by atomic mass is 19.1. The number of amides is 1. The molecule has 0 aliphatic rings. The number of nitro groups is 1. The molecule has 0 aromatic heterocycles. The molecule has 0 aliphatic heterocycles. The van der Waals surface area contributed by atoms with E-state index in [1.165, 1.54) is 37.3 Å². The van der Waals surface area contributed by atoms with Crippen molar-refractivity contribution in [2.45, 2.75) is 13.5 Å². The van der Waals surface area contributed by atoms with Crippen LogP contribution in [0.2, 0.25) is 0 Å². The van der Waals surface area contributed by atoms with Gasteiger partial charge in [0.1, 0.15) is 11.4 Å². The fourth-order valence-electron chi connectivity index (χ4n) is 2.54. The van der Waals surface area contributed by atoms with Gasteiger partial charge in [-0.2, -0.15) is 0 Å². The van der Waals surface area contributed by atoms with Gasteiger partial charge in [0.2, 0.25) is 0 Å². The molecule has 2 aromatic rings. The Morgan fingerprint density at radius 1 is 1.19 bits per heavy atom. The van der Waals surface area contributed by atoms with Crippen molar-refractivity contribution in [1.82, 2.24) is 4.90 Å². The first kappa shape index (κ1) is 19.2. The van der Waals surface area contributed by atoms with Gasteiger partial charge in [0, 0.05) is 19.2 Å². The Bertz CT molecular complexity index is 825. The molecule has 2 aromatic carbocycles. The zero-order chi connectivity index (χ0) is 19.3. The second-order valence-corrected chi connectivity index (χ2v) is 5.43. The van der Waals surface area contributed by atoms with Crippen LogP contribution in [0.25, 0.3) is 0 Å². The summed E-state index contributed by atoms with van der Waals surface area (Å²) < 4.78 is 23.6. The Morgan fingerprint density at radius 2 is 1.85 bits per heavy atom. The number of halogens is 1. The van der Waals surface area contributed by atoms with Crippen molar-refractivity contribution >= 4 is 11.6 Å². The lowest BCUT2D eigenvalue weighted by atomic mass is 10.1. The molecule has 0 N–H and O–H groups in total. The summed E-state index contributed by atoms with van der Waals surface area (Å²) in [6, 6.07) is 8.29. The van der Waals surface area contributed by atoms with Crippen LogP contribution in [0.1, 0.15) is 22.8 Å². The smallest absolute Gasteiger partial charge is 0.286 e. The number of nitro benzene ring substituents is 1. The number of carbonyl (C=O) groups excluding carboxylic acids is 1. The molecule has 0 unspecified atom stereocenters. The fourth-order valence-corrected chi connectivity index (χ4v) is 2.54. The average Bonchev–Trinajstić information content (AvgIpc) is 2.64. The van der Waals surface area contributed by atoms with Gasteiger partial charge < -0.3 is 14.4 Å². The second-order valence-electron chi connectivity index (χ2n) is 5.43. The third-order valence-corrected chi connectivity index (χ3v) is 3.86. The van der Waals surface area contributed by atoms with E-state index in [4.69, 9.17) is 9.47 Å². The summed E-state index contributed by atoms with van der Waals surface area (Å²) in [4.78, 5) is 25.0. The molecule has 0 spiro atoms. The molecule has 7 nitrogen and oxygen atoms in total. The first-order valence-electron chi connectivity index (χ1n) is 7.85. The summed E-state index contributed by atoms with van der Waals surface area (Å²) in [5.41, 5.74) is 0.0829. The molecule has 1 amide bonds. The number of benzene rings is 2. The highest BCUT2D eigenvalue weighted by molar-refractivity contribution is 5.99. The lowest BCUT2D eigenvalue weighted by Crippen LogP contribution is -2.31. The van der Waals surface area contributed by atoms with Gasteiger partial charge in [-0.3, -0.25) is 14.9 Å². The van der Waals surface area contributed by atoms with Crippen LogP contribution >= 0.6 is 0 Å². The van der Waals surface area contributed by atoms with E-state index in [9.17, 15) is 19.3 Å². The summed E-state index contributed by atoms with van der Waals surface area (Å²) in [6.07, 6.45) is 0. The number of ether oxygens (including phenoxy) is 2. The van der Waals surface area contributed by atoms with Crippen LogP contribution in [0, 0.1) is 15.9 Å². The molecule has 0 saturated heterocycles. The SMILES string of the molecule is CCN(Cc1cccc(F)c1)C(=O)c1cc(OC)c(OC)cc1[N+](=O)[O-]. The van der Waals surface area contributed by atoms with Gasteiger partial charge in [0.15, 0.2) is 11.5 Å². The van der Waals surface area contributed by atoms with Crippen molar-refractivity contribution in [3.05, 3.63) is 63.5 Å². The molecule has 0 heterocycles. The highest BCUT2D eigenvalue weighted by Gasteiger charge is 2.27. The van der Waals surface area contributed by atoms with E-state index in [1.54, 1.807) is 19.1 Å². The molecular formula is C18H19FN2O5. The van der Waals surface area contributed by atoms with Crippen molar-refractivity contribution in [3.63, 3.8) is 0 Å². The Labute approximate surface area is 150 Å². The van der Waals surface area contributed by atoms with Crippen molar-refractivity contribution in [1.29, 1.82) is 0 Å². The third-order valence-electron chi connectivity index (χ3n) is 3.86. The number of nitrogens with zero attached hydrogens (tertiary/aromatic N) is 2. The zero-order valence-electron chi connectivity index (χ0n) is 14.7. The quantitative estimate of drug-likeness (QED) is 0.557. The van der Waals surface area contributed by atoms with E-state index >= 15 is 0 Å². The van der Waals surface area contributed by atoms with Gasteiger partial charge in [-0.05, 0) is 24.6 Å². The van der Waals surface area contributed by atoms with Crippen LogP contribution in [0.15, 0.2) is 36.4 Å². The van der Waals surface area contributed by atoms with Crippen LogP contribution in [0.5, 0.6) is 11.5 Å². The Balaban J connectivity index is 2.43. The van der Waals surface area contributed by atoms with Gasteiger partial charge >= 0.3 is 0 Å². The minimum absolute atomic E-state index is 0.120. The van der Waals surface area contributed by atoms with E-state index in [0.717, 1.165) is 6.07 Å². The summed E-state index contributed by atoms with van der Waals surface area (Å²) in [7, 11) is 2.73. The number of hydrogen-bond donors (Lipinski definition) is 0. The van der Waals surface area contributed by atoms with Crippen molar-refractivity contribution < 1.29 is 23.6 Å². The van der Waals surface area contributed by atoms with Gasteiger partial charge in [-0.15, -0.1) is 0 Å². The standard InChI is InChI=1S/C18H19FN2O5/c1-4-20(11-12-6-5-7-13(19)8-12)18(22)14-9-16(25-2)17(26-3)10-15(14)21(23)24/h5-10H,4,11H2,1-3H3. The lowest BCUT2D eigenvalue weighted by molar-refractivity contribution is -0.385. The molecule has 138 valence electrons. The minimum Gasteiger partial charge on any atom is -0.493 e. The molecular weight excluding hydrogens is 343 g/mol. The largest absolute Gasteiger partial charge is 0.493 e. The third kappa shape index (κ3) is 4.08. The maximum atomic E-state index is 13.4. The lowest BCUT2D eigenvalue weighted by Gasteiger charge is -2.21. The number of rotatable bonds is 7. The summed E-state index contributed by atoms with van der Waals surface area (Å²) in [5.74, 6) is -0.597. The summed E-state index contributed by atoms with van der Waals surface area (Å²) in [5, 5.41) is 11.4. The van der Waals surface area contributed by atoms with Gasteiger partial charge in [-0.25, -0.2) is 4.39 Å². The van der Waals surface area contributed by atoms with Crippen LogP contribution < -0.4 is 9.47 Å². The molecule has 0 fully saturated rings. The Morgan fingerprint density at radius 3 is 2.38 bits per heavy atom. The van der Waals surface area contributed by atoms with Crippen LogP contribution in [-0.4, -0.2) is 36.5 Å². The number of hydrogen-bond acceptors (Lipinski definition) is 5. The normalized spacial score (nSPS) is 10.3. The monoisotopic (exact) mass is 362 g/mol. The molecule has 0 atom stereocenters. The van der Waals surface area contributed by atoms with Crippen LogP contribution in [-0.2, 0) is 6.54 Å². The molecule has 0 radical (unpaired) electrons. The van der Waals surface area contributed by atoms with Crippen molar-refractivity contribution in [2.75, 3.05) is 20.8 Å². The molecule has 0 saturated carbocycles. The van der Waals surface area contributed by atoms with E-state index in [-0.39, 0.29) is 29.3 Å². The maximum absolute atomic E-state index is 13.4. The Hall–Kier alpha value is -3.16. The first-order chi connectivity index (χ1) is 12.4. The zero-order valence-corrected chi connectivity index (χ0v) is 14.7. The van der Waals surface area contributed by atoms with E-state index in [0.29, 0.717) is 12.1 Å². The van der Waals surface area contributed by atoms with Gasteiger partial charge in [0.25, 0.3) is 11.6 Å². The molecule has 0 bridgehead atoms. The van der Waals surface area contributed by atoms with Gasteiger partial charge in [0.05, 0.1) is 25.2 Å². The topological polar surface area (TPSA) is 81.9 Å². The summed E-state index contributed by atoms with van der Waals surface area (Å²) >= 11 is 0. The van der Waals surface area contributed by atoms with E-state index < -0.39 is 16.6 Å². The first-order valence-corrected chi connectivity index (χ1v) is 7.85. The maximum Gasteiger partial charge on any atom is 0.286 e. The number of carbonyl (C=O) groups is 1. The predicted octanol–water partition coefficient (Wildman–Crippen LogP) is 3.41. The number of methoxy groups -OCH3 is 2. The predicted molar refractivity (Wildman–Crippen MR) is 93.0 cm³/mol. The molecule has 0 aliphatic carbocycles. The summed E-state index contributed by atoms with van der Waals surface area (Å²) in [6.45, 7) is 2.16. The molecule has 26 heavy (non-hydrogen) atoms. The second kappa shape index (κ2) is 8.28. The van der Waals surface area contributed by atoms with E-state index in [1.807, 2.05) is 0 Å². The highest BCUT2D eigenvalue weighted by Crippen LogP contribution is 2.35. The van der Waals surface area contributed by atoms with Crippen molar-refractivity contribution in [2.24, 2.45) is 0 Å². The molecule has 8 heteroatoms. The average molecular weight is 362 g/mol. The molecule has 2 rings (SSSR count). The minimum atomic E-state index is -0.648. The Kier molecular flexibility index (Phi) is 6.11. The van der Waals surface area contributed by atoms with Crippen LogP contribution in [0.4, 0.5) is 10.1 Å². The fraction of sp³-hybridized carbons (Fsp3) is 0.278. The van der Waals surface area contributed by atoms with Crippen molar-refractivity contribution in [3.8, 4) is 11.5 Å².